The van der Waals surface area contributed by atoms with Crippen molar-refractivity contribution in [2.24, 2.45) is 5.92 Å². The molecule has 0 fully saturated rings. The third kappa shape index (κ3) is 18.6. The van der Waals surface area contributed by atoms with Crippen LogP contribution in [0.4, 0.5) is 0 Å². The molecule has 172 valence electrons. The zero-order valence-corrected chi connectivity index (χ0v) is 20.8. The molecular formula is C23H39O6Ti-. The van der Waals surface area contributed by atoms with Crippen molar-refractivity contribution in [1.29, 1.82) is 0 Å². The summed E-state index contributed by atoms with van der Waals surface area (Å²) in [5.74, 6) is -1.42. The van der Waals surface area contributed by atoms with Crippen LogP contribution in [0.1, 0.15) is 98.8 Å². The molecule has 0 bridgehead atoms. The smallest absolute Gasteiger partial charge is 0.303 e. The van der Waals surface area contributed by atoms with E-state index in [4.69, 9.17) is 15.3 Å². The van der Waals surface area contributed by atoms with Crippen LogP contribution in [0.15, 0.2) is 16.7 Å². The summed E-state index contributed by atoms with van der Waals surface area (Å²) in [7, 11) is 0. The molecule has 1 unspecified atom stereocenters. The van der Waals surface area contributed by atoms with Gasteiger partial charge in [0, 0.05) is 41.0 Å². The fourth-order valence-corrected chi connectivity index (χ4v) is 2.80. The van der Waals surface area contributed by atoms with Gasteiger partial charge in [0.15, 0.2) is 0 Å². The van der Waals surface area contributed by atoms with Gasteiger partial charge in [-0.3, -0.25) is 14.4 Å². The predicted octanol–water partition coefficient (Wildman–Crippen LogP) is 5.87. The summed E-state index contributed by atoms with van der Waals surface area (Å²) in [6.45, 7) is 10.1. The Morgan fingerprint density at radius 3 is 1.47 bits per heavy atom. The first-order valence-electron chi connectivity index (χ1n) is 10.6. The monoisotopic (exact) mass is 459 g/mol. The molecule has 0 aliphatic heterocycles. The van der Waals surface area contributed by atoms with E-state index in [2.05, 4.69) is 19.9 Å². The van der Waals surface area contributed by atoms with E-state index in [1.807, 2.05) is 20.8 Å². The quantitative estimate of drug-likeness (QED) is 0.338. The van der Waals surface area contributed by atoms with Gasteiger partial charge in [0.25, 0.3) is 0 Å². The van der Waals surface area contributed by atoms with Gasteiger partial charge in [-0.1, -0.05) is 66.2 Å². The Bertz CT molecular complexity index is 528. The van der Waals surface area contributed by atoms with Gasteiger partial charge in [-0.2, -0.15) is 5.57 Å². The normalized spacial score (nSPS) is 16.0. The molecule has 7 heteroatoms. The third-order valence-electron chi connectivity index (χ3n) is 4.42. The number of rotatable bonds is 6. The largest absolute Gasteiger partial charge is 0.481 e. The Hall–Kier alpha value is -1.40. The summed E-state index contributed by atoms with van der Waals surface area (Å²) >= 11 is 0. The molecule has 2 aliphatic carbocycles. The Morgan fingerprint density at radius 2 is 1.20 bits per heavy atom. The molecule has 0 radical (unpaired) electrons. The number of aliphatic carboxylic acids is 3. The van der Waals surface area contributed by atoms with Crippen LogP contribution in [-0.4, -0.2) is 33.2 Å². The molecule has 0 amide bonds. The molecule has 30 heavy (non-hydrogen) atoms. The van der Waals surface area contributed by atoms with Crippen LogP contribution in [0.2, 0.25) is 0 Å². The van der Waals surface area contributed by atoms with Gasteiger partial charge in [-0.25, -0.2) is 17.2 Å². The van der Waals surface area contributed by atoms with E-state index in [1.165, 1.54) is 31.3 Å². The summed E-state index contributed by atoms with van der Waals surface area (Å²) in [4.78, 5) is 28.8. The summed E-state index contributed by atoms with van der Waals surface area (Å²) in [5, 5.41) is 23.7. The van der Waals surface area contributed by atoms with Crippen molar-refractivity contribution < 1.29 is 51.4 Å². The summed E-state index contributed by atoms with van der Waals surface area (Å²) in [6, 6.07) is 0. The third-order valence-corrected chi connectivity index (χ3v) is 4.42. The van der Waals surface area contributed by atoms with Crippen molar-refractivity contribution in [3.63, 3.8) is 0 Å². The Morgan fingerprint density at radius 1 is 0.833 bits per heavy atom. The number of carboxylic acids is 3. The maximum atomic E-state index is 9.60. The van der Waals surface area contributed by atoms with Gasteiger partial charge in [-0.15, -0.1) is 0 Å². The molecule has 3 N–H and O–H groups in total. The Balaban J connectivity index is -0.000000339. The standard InChI is InChI=1S/C11H15.3C4H8O2.Ti/c1-8-7-10-5-3-4-6-11(10)9(8)2;3*1-2-3-4(5)6;/h9H,3-6H2,1-2H3;3*2-3H2,1H3,(H,5,6);/q-1;;;;. The minimum atomic E-state index is -0.711. The molecule has 0 aromatic carbocycles. The van der Waals surface area contributed by atoms with Crippen LogP contribution >= 0.6 is 0 Å². The van der Waals surface area contributed by atoms with E-state index < -0.39 is 17.9 Å². The Kier molecular flexibility index (Phi) is 23.1. The van der Waals surface area contributed by atoms with Crippen molar-refractivity contribution in [3.05, 3.63) is 22.8 Å². The second-order valence-electron chi connectivity index (χ2n) is 7.17. The predicted molar refractivity (Wildman–Crippen MR) is 115 cm³/mol. The topological polar surface area (TPSA) is 112 Å². The average Bonchev–Trinajstić information content (AvgIpc) is 2.91. The molecule has 0 saturated carbocycles. The average molecular weight is 459 g/mol. The fourth-order valence-electron chi connectivity index (χ4n) is 2.80. The van der Waals surface area contributed by atoms with Crippen molar-refractivity contribution in [3.8, 4) is 0 Å². The van der Waals surface area contributed by atoms with Gasteiger partial charge in [0.05, 0.1) is 0 Å². The molecule has 0 saturated heterocycles. The molecule has 2 aliphatic rings. The fraction of sp³-hybridized carbons (Fsp3) is 0.696. The molecule has 0 spiro atoms. The second-order valence-corrected chi connectivity index (χ2v) is 7.17. The second kappa shape index (κ2) is 20.9. The molecule has 2 rings (SSSR count). The summed E-state index contributed by atoms with van der Waals surface area (Å²) < 4.78 is 0. The van der Waals surface area contributed by atoms with Crippen molar-refractivity contribution in [2.45, 2.75) is 98.8 Å². The molecule has 6 nitrogen and oxygen atoms in total. The van der Waals surface area contributed by atoms with Crippen LogP contribution in [0.5, 0.6) is 0 Å². The number of carbonyl (C=O) groups is 3. The van der Waals surface area contributed by atoms with E-state index in [-0.39, 0.29) is 21.7 Å². The maximum Gasteiger partial charge on any atom is 0.303 e. The summed E-state index contributed by atoms with van der Waals surface area (Å²) in [5.41, 5.74) is 4.69. The van der Waals surface area contributed by atoms with E-state index in [9.17, 15) is 14.4 Å². The van der Waals surface area contributed by atoms with E-state index >= 15 is 0 Å². The van der Waals surface area contributed by atoms with Crippen molar-refractivity contribution >= 4 is 17.9 Å². The first-order chi connectivity index (χ1) is 13.6. The zero-order valence-electron chi connectivity index (χ0n) is 19.2. The van der Waals surface area contributed by atoms with Gasteiger partial charge < -0.3 is 15.3 Å². The van der Waals surface area contributed by atoms with Crippen LogP contribution < -0.4 is 0 Å². The van der Waals surface area contributed by atoms with E-state index in [1.54, 1.807) is 11.1 Å². The van der Waals surface area contributed by atoms with E-state index in [0.717, 1.165) is 19.3 Å². The molecule has 0 heterocycles. The number of allylic oxidation sites excluding steroid dienone is 4. The first kappa shape index (κ1) is 33.2. The zero-order chi connectivity index (χ0) is 22.8. The van der Waals surface area contributed by atoms with Crippen LogP contribution in [0.25, 0.3) is 0 Å². The van der Waals surface area contributed by atoms with Gasteiger partial charge >= 0.3 is 17.9 Å². The number of hydrogen-bond acceptors (Lipinski definition) is 3. The van der Waals surface area contributed by atoms with Crippen LogP contribution in [0.3, 0.4) is 0 Å². The Labute approximate surface area is 196 Å². The van der Waals surface area contributed by atoms with Gasteiger partial charge in [0.2, 0.25) is 0 Å². The molecular weight excluding hydrogens is 420 g/mol. The first-order valence-corrected chi connectivity index (χ1v) is 10.6. The number of carboxylic acid groups (broad SMARTS) is 3. The number of hydrogen-bond donors (Lipinski definition) is 3. The van der Waals surface area contributed by atoms with Crippen LogP contribution in [0, 0.1) is 12.0 Å². The molecule has 0 aromatic rings. The molecule has 1 atom stereocenters. The SMILES string of the molecule is CC1=[C-]C2=C(CCCC2)C1C.CCCC(=O)O.CCCC(=O)O.CCCC(=O)O.[Ti]. The van der Waals surface area contributed by atoms with Crippen molar-refractivity contribution in [1.82, 2.24) is 0 Å². The van der Waals surface area contributed by atoms with Crippen molar-refractivity contribution in [2.75, 3.05) is 0 Å². The minimum Gasteiger partial charge on any atom is -0.481 e. The van der Waals surface area contributed by atoms with E-state index in [0.29, 0.717) is 25.2 Å². The maximum absolute atomic E-state index is 9.60. The molecule has 0 aromatic heterocycles. The summed E-state index contributed by atoms with van der Waals surface area (Å²) in [6.07, 6.45) is 12.0. The van der Waals surface area contributed by atoms with Gasteiger partial charge in [0.1, 0.15) is 0 Å². The van der Waals surface area contributed by atoms with Gasteiger partial charge in [-0.05, 0) is 19.3 Å². The van der Waals surface area contributed by atoms with Crippen LogP contribution in [-0.2, 0) is 36.1 Å². The minimum absolute atomic E-state index is 0.